The van der Waals surface area contributed by atoms with E-state index in [0.29, 0.717) is 4.47 Å². The monoisotopic (exact) mass is 360 g/mol. The first-order valence-corrected chi connectivity index (χ1v) is 6.47. The molecule has 0 saturated carbocycles. The Morgan fingerprint density at radius 3 is 2.48 bits per heavy atom. The predicted molar refractivity (Wildman–Crippen MR) is 72.1 cm³/mol. The molecule has 0 aromatic heterocycles. The van der Waals surface area contributed by atoms with Crippen LogP contribution in [0.15, 0.2) is 46.9 Å². The van der Waals surface area contributed by atoms with E-state index in [-0.39, 0.29) is 17.1 Å². The van der Waals surface area contributed by atoms with Crippen molar-refractivity contribution in [1.29, 1.82) is 0 Å². The maximum absolute atomic E-state index is 13.6. The molecule has 2 rings (SSSR count). The van der Waals surface area contributed by atoms with Gasteiger partial charge in [0.05, 0.1) is 0 Å². The average molecular weight is 361 g/mol. The molecule has 0 aliphatic carbocycles. The molecule has 0 amide bonds. The third-order valence-electron chi connectivity index (χ3n) is 2.42. The number of halogens is 4. The summed E-state index contributed by atoms with van der Waals surface area (Å²) in [5, 5.41) is 0. The summed E-state index contributed by atoms with van der Waals surface area (Å²) in [5.41, 5.74) is -0.222. The number of benzene rings is 2. The van der Waals surface area contributed by atoms with Gasteiger partial charge in [0.25, 0.3) is 0 Å². The van der Waals surface area contributed by atoms with Gasteiger partial charge >= 0.3 is 12.6 Å². The predicted octanol–water partition coefficient (Wildman–Crippen LogP) is 4.41. The van der Waals surface area contributed by atoms with E-state index in [9.17, 15) is 18.0 Å². The van der Waals surface area contributed by atoms with Crippen molar-refractivity contribution in [3.8, 4) is 11.5 Å². The minimum Gasteiger partial charge on any atom is -0.434 e. The molecule has 0 N–H and O–H groups in total. The molecule has 2 aromatic rings. The molecule has 0 heterocycles. The second-order valence-electron chi connectivity index (χ2n) is 3.84. The van der Waals surface area contributed by atoms with Crippen molar-refractivity contribution in [3.05, 3.63) is 58.3 Å². The highest BCUT2D eigenvalue weighted by molar-refractivity contribution is 9.10. The number of ether oxygens (including phenoxy) is 2. The number of carbonyl (C=O) groups is 1. The zero-order chi connectivity index (χ0) is 15.4. The van der Waals surface area contributed by atoms with Crippen LogP contribution in [0.25, 0.3) is 0 Å². The standard InChI is InChI=1S/C14H8BrF3O3/c15-8-5-6-12(10(16)7-8)20-13(19)9-3-1-2-4-11(9)21-14(17)18/h1-7,14H. The molecule has 21 heavy (non-hydrogen) atoms. The van der Waals surface area contributed by atoms with E-state index in [4.69, 9.17) is 4.74 Å². The van der Waals surface area contributed by atoms with Gasteiger partial charge in [0.1, 0.15) is 11.3 Å². The molecule has 3 nitrogen and oxygen atoms in total. The fraction of sp³-hybridized carbons (Fsp3) is 0.0714. The summed E-state index contributed by atoms with van der Waals surface area (Å²) >= 11 is 3.06. The van der Waals surface area contributed by atoms with Crippen LogP contribution in [0.5, 0.6) is 11.5 Å². The summed E-state index contributed by atoms with van der Waals surface area (Å²) in [6.07, 6.45) is 0. The molecule has 0 bridgehead atoms. The first-order chi connectivity index (χ1) is 9.97. The summed E-state index contributed by atoms with van der Waals surface area (Å²) in [7, 11) is 0. The van der Waals surface area contributed by atoms with E-state index in [1.54, 1.807) is 0 Å². The first kappa shape index (κ1) is 15.4. The van der Waals surface area contributed by atoms with Crippen LogP contribution in [0.1, 0.15) is 10.4 Å². The molecule has 0 atom stereocenters. The van der Waals surface area contributed by atoms with Crippen molar-refractivity contribution < 1.29 is 27.4 Å². The summed E-state index contributed by atoms with van der Waals surface area (Å²) in [5.74, 6) is -2.40. The number of para-hydroxylation sites is 1. The van der Waals surface area contributed by atoms with Crippen LogP contribution < -0.4 is 9.47 Å². The van der Waals surface area contributed by atoms with Gasteiger partial charge < -0.3 is 9.47 Å². The number of hydrogen-bond acceptors (Lipinski definition) is 3. The van der Waals surface area contributed by atoms with Gasteiger partial charge in [-0.3, -0.25) is 0 Å². The highest BCUT2D eigenvalue weighted by Crippen LogP contribution is 2.25. The van der Waals surface area contributed by atoms with E-state index in [1.807, 2.05) is 0 Å². The Kier molecular flexibility index (Phi) is 4.85. The van der Waals surface area contributed by atoms with Gasteiger partial charge in [-0.1, -0.05) is 28.1 Å². The van der Waals surface area contributed by atoms with Crippen LogP contribution in [0.2, 0.25) is 0 Å². The lowest BCUT2D eigenvalue weighted by atomic mass is 10.2. The van der Waals surface area contributed by atoms with Crippen LogP contribution in [0, 0.1) is 5.82 Å². The van der Waals surface area contributed by atoms with Gasteiger partial charge in [0.2, 0.25) is 0 Å². The molecule has 2 aromatic carbocycles. The lowest BCUT2D eigenvalue weighted by Gasteiger charge is -2.10. The topological polar surface area (TPSA) is 35.5 Å². The molecule has 110 valence electrons. The van der Waals surface area contributed by atoms with Crippen molar-refractivity contribution in [3.63, 3.8) is 0 Å². The van der Waals surface area contributed by atoms with Gasteiger partial charge in [-0.05, 0) is 30.3 Å². The van der Waals surface area contributed by atoms with Gasteiger partial charge in [0.15, 0.2) is 11.6 Å². The Bertz CT molecular complexity index is 662. The molecule has 7 heteroatoms. The molecule has 0 radical (unpaired) electrons. The average Bonchev–Trinajstić information content (AvgIpc) is 2.42. The lowest BCUT2D eigenvalue weighted by molar-refractivity contribution is -0.0503. The van der Waals surface area contributed by atoms with Crippen molar-refractivity contribution >= 4 is 21.9 Å². The van der Waals surface area contributed by atoms with Gasteiger partial charge in [0, 0.05) is 4.47 Å². The summed E-state index contributed by atoms with van der Waals surface area (Å²) in [6, 6.07) is 9.16. The number of hydrogen-bond donors (Lipinski definition) is 0. The first-order valence-electron chi connectivity index (χ1n) is 5.68. The van der Waals surface area contributed by atoms with Gasteiger partial charge in [-0.15, -0.1) is 0 Å². The van der Waals surface area contributed by atoms with E-state index >= 15 is 0 Å². The maximum Gasteiger partial charge on any atom is 0.387 e. The largest absolute Gasteiger partial charge is 0.434 e. The molecule has 0 saturated heterocycles. The molecule has 0 fully saturated rings. The highest BCUT2D eigenvalue weighted by Gasteiger charge is 2.18. The van der Waals surface area contributed by atoms with Gasteiger partial charge in [-0.2, -0.15) is 8.78 Å². The normalized spacial score (nSPS) is 10.5. The molecule has 0 spiro atoms. The second-order valence-corrected chi connectivity index (χ2v) is 4.75. The van der Waals surface area contributed by atoms with Crippen LogP contribution in [0.4, 0.5) is 13.2 Å². The number of alkyl halides is 2. The van der Waals surface area contributed by atoms with Crippen LogP contribution in [0.3, 0.4) is 0 Å². The van der Waals surface area contributed by atoms with Gasteiger partial charge in [-0.25, -0.2) is 9.18 Å². The smallest absolute Gasteiger partial charge is 0.387 e. The minimum absolute atomic E-state index is 0.222. The summed E-state index contributed by atoms with van der Waals surface area (Å²) < 4.78 is 47.6. The van der Waals surface area contributed by atoms with Crippen molar-refractivity contribution in [2.24, 2.45) is 0 Å². The van der Waals surface area contributed by atoms with Crippen LogP contribution >= 0.6 is 15.9 Å². The third-order valence-corrected chi connectivity index (χ3v) is 2.91. The Morgan fingerprint density at radius 2 is 1.81 bits per heavy atom. The molecular weight excluding hydrogens is 353 g/mol. The molecule has 0 aliphatic heterocycles. The second kappa shape index (κ2) is 6.62. The Morgan fingerprint density at radius 1 is 1.10 bits per heavy atom. The highest BCUT2D eigenvalue weighted by atomic mass is 79.9. The van der Waals surface area contributed by atoms with Crippen molar-refractivity contribution in [2.75, 3.05) is 0 Å². The Labute approximate surface area is 126 Å². The molecule has 0 aliphatic rings. The van der Waals surface area contributed by atoms with E-state index in [0.717, 1.165) is 6.07 Å². The van der Waals surface area contributed by atoms with E-state index in [2.05, 4.69) is 20.7 Å². The van der Waals surface area contributed by atoms with Crippen molar-refractivity contribution in [2.45, 2.75) is 6.61 Å². The Hall–Kier alpha value is -2.02. The van der Waals surface area contributed by atoms with Crippen molar-refractivity contribution in [1.82, 2.24) is 0 Å². The number of esters is 1. The quantitative estimate of drug-likeness (QED) is 0.598. The third kappa shape index (κ3) is 3.98. The zero-order valence-corrected chi connectivity index (χ0v) is 11.9. The van der Waals surface area contributed by atoms with E-state index < -0.39 is 18.4 Å². The summed E-state index contributed by atoms with van der Waals surface area (Å²) in [6.45, 7) is -3.08. The maximum atomic E-state index is 13.6. The fourth-order valence-electron chi connectivity index (χ4n) is 1.55. The molecule has 0 unspecified atom stereocenters. The molecular formula is C14H8BrF3O3. The number of carbonyl (C=O) groups excluding carboxylic acids is 1. The van der Waals surface area contributed by atoms with Crippen LogP contribution in [-0.4, -0.2) is 12.6 Å². The van der Waals surface area contributed by atoms with Crippen LogP contribution in [-0.2, 0) is 0 Å². The lowest BCUT2D eigenvalue weighted by Crippen LogP contribution is -2.13. The Balaban J connectivity index is 2.24. The summed E-state index contributed by atoms with van der Waals surface area (Å²) in [4.78, 5) is 11.9. The zero-order valence-electron chi connectivity index (χ0n) is 10.4. The van der Waals surface area contributed by atoms with E-state index in [1.165, 1.54) is 36.4 Å². The minimum atomic E-state index is -3.08. The number of rotatable bonds is 4. The fourth-order valence-corrected chi connectivity index (χ4v) is 1.88. The SMILES string of the molecule is O=C(Oc1ccc(Br)cc1F)c1ccccc1OC(F)F.